The first-order chi connectivity index (χ1) is 4.91. The highest BCUT2D eigenvalue weighted by molar-refractivity contribution is 4.43. The minimum absolute atomic E-state index is 0.785. The van der Waals surface area contributed by atoms with Gasteiger partial charge in [-0.25, -0.2) is 5.48 Å². The van der Waals surface area contributed by atoms with Crippen LogP contribution < -0.4 is 10.8 Å². The van der Waals surface area contributed by atoms with Crippen LogP contribution in [-0.4, -0.2) is 26.7 Å². The molecule has 0 aliphatic rings. The standard InChI is InChI=1S/C7H18N2O/c1-3-5-9-6-4-7-10-8-2/h8-9H,3-7H2,1-2H3. The molecule has 0 bridgehead atoms. The van der Waals surface area contributed by atoms with Crippen molar-refractivity contribution in [2.45, 2.75) is 19.8 Å². The SMILES string of the molecule is CCCNCCCONC. The third-order valence-electron chi connectivity index (χ3n) is 1.17. The van der Waals surface area contributed by atoms with Gasteiger partial charge in [0.1, 0.15) is 0 Å². The smallest absolute Gasteiger partial charge is 0.0694 e. The minimum atomic E-state index is 0.785. The van der Waals surface area contributed by atoms with Crippen molar-refractivity contribution in [1.29, 1.82) is 0 Å². The monoisotopic (exact) mass is 146 g/mol. The second-order valence-corrected chi connectivity index (χ2v) is 2.16. The van der Waals surface area contributed by atoms with E-state index in [1.807, 2.05) is 0 Å². The van der Waals surface area contributed by atoms with Crippen LogP contribution in [0.3, 0.4) is 0 Å². The Balaban J connectivity index is 2.65. The van der Waals surface area contributed by atoms with Gasteiger partial charge in [0.15, 0.2) is 0 Å². The second kappa shape index (κ2) is 8.88. The van der Waals surface area contributed by atoms with Crippen LogP contribution in [0.4, 0.5) is 0 Å². The van der Waals surface area contributed by atoms with Gasteiger partial charge in [-0.1, -0.05) is 6.92 Å². The molecule has 3 nitrogen and oxygen atoms in total. The van der Waals surface area contributed by atoms with E-state index in [4.69, 9.17) is 4.84 Å². The van der Waals surface area contributed by atoms with Crippen molar-refractivity contribution in [2.75, 3.05) is 26.7 Å². The zero-order chi connectivity index (χ0) is 7.66. The first-order valence-corrected chi connectivity index (χ1v) is 3.91. The lowest BCUT2D eigenvalue weighted by molar-refractivity contribution is 0.0564. The van der Waals surface area contributed by atoms with Crippen molar-refractivity contribution in [3.63, 3.8) is 0 Å². The summed E-state index contributed by atoms with van der Waals surface area (Å²) in [6, 6.07) is 0. The zero-order valence-corrected chi connectivity index (χ0v) is 6.94. The Labute approximate surface area is 63.1 Å². The normalized spacial score (nSPS) is 10.2. The summed E-state index contributed by atoms with van der Waals surface area (Å²) in [7, 11) is 1.78. The molecule has 0 heterocycles. The fourth-order valence-electron chi connectivity index (χ4n) is 0.673. The van der Waals surface area contributed by atoms with Crippen molar-refractivity contribution in [1.82, 2.24) is 10.8 Å². The molecule has 3 heteroatoms. The summed E-state index contributed by atoms with van der Waals surface area (Å²) < 4.78 is 0. The summed E-state index contributed by atoms with van der Waals surface area (Å²) in [6.45, 7) is 5.11. The van der Waals surface area contributed by atoms with Gasteiger partial charge in [-0.2, -0.15) is 0 Å². The quantitative estimate of drug-likeness (QED) is 0.406. The maximum absolute atomic E-state index is 4.92. The summed E-state index contributed by atoms with van der Waals surface area (Å²) in [5, 5.41) is 3.29. The van der Waals surface area contributed by atoms with Crippen molar-refractivity contribution in [3.8, 4) is 0 Å². The van der Waals surface area contributed by atoms with E-state index in [1.54, 1.807) is 7.05 Å². The van der Waals surface area contributed by atoms with Crippen LogP contribution in [0.5, 0.6) is 0 Å². The number of rotatable bonds is 7. The number of hydrogen-bond donors (Lipinski definition) is 2. The second-order valence-electron chi connectivity index (χ2n) is 2.16. The van der Waals surface area contributed by atoms with Gasteiger partial charge >= 0.3 is 0 Å². The van der Waals surface area contributed by atoms with Crippen molar-refractivity contribution in [3.05, 3.63) is 0 Å². The maximum Gasteiger partial charge on any atom is 0.0694 e. The van der Waals surface area contributed by atoms with Crippen LogP contribution >= 0.6 is 0 Å². The van der Waals surface area contributed by atoms with Gasteiger partial charge in [0, 0.05) is 7.05 Å². The molecule has 0 fully saturated rings. The van der Waals surface area contributed by atoms with Gasteiger partial charge in [0.2, 0.25) is 0 Å². The molecule has 0 rings (SSSR count). The van der Waals surface area contributed by atoms with Crippen LogP contribution in [0.2, 0.25) is 0 Å². The zero-order valence-electron chi connectivity index (χ0n) is 6.94. The highest BCUT2D eigenvalue weighted by atomic mass is 16.6. The van der Waals surface area contributed by atoms with Crippen molar-refractivity contribution in [2.24, 2.45) is 0 Å². The van der Waals surface area contributed by atoms with E-state index in [0.717, 1.165) is 26.1 Å². The Kier molecular flexibility index (Phi) is 8.77. The molecule has 0 unspecified atom stereocenters. The number of hydrogen-bond acceptors (Lipinski definition) is 3. The predicted octanol–water partition coefficient (Wildman–Crippen LogP) is 0.527. The first kappa shape index (κ1) is 9.88. The summed E-state index contributed by atoms with van der Waals surface area (Å²) in [6.07, 6.45) is 2.27. The molecule has 0 saturated heterocycles. The average molecular weight is 146 g/mol. The molecule has 0 amide bonds. The summed E-state index contributed by atoms with van der Waals surface area (Å²) in [5.41, 5.74) is 2.63. The summed E-state index contributed by atoms with van der Waals surface area (Å²) in [4.78, 5) is 4.92. The van der Waals surface area contributed by atoms with Gasteiger partial charge in [0.25, 0.3) is 0 Å². The highest BCUT2D eigenvalue weighted by Gasteiger charge is 1.85. The van der Waals surface area contributed by atoms with E-state index >= 15 is 0 Å². The predicted molar refractivity (Wildman–Crippen MR) is 42.8 cm³/mol. The Morgan fingerprint density at radius 1 is 1.30 bits per heavy atom. The van der Waals surface area contributed by atoms with E-state index in [-0.39, 0.29) is 0 Å². The molecule has 0 aromatic carbocycles. The maximum atomic E-state index is 4.92. The fourth-order valence-corrected chi connectivity index (χ4v) is 0.673. The third-order valence-corrected chi connectivity index (χ3v) is 1.17. The number of nitrogens with one attached hydrogen (secondary N) is 2. The van der Waals surface area contributed by atoms with Crippen LogP contribution in [0.25, 0.3) is 0 Å². The van der Waals surface area contributed by atoms with Gasteiger partial charge in [-0.15, -0.1) is 0 Å². The van der Waals surface area contributed by atoms with Gasteiger partial charge in [-0.05, 0) is 25.9 Å². The molecule has 0 aliphatic heterocycles. The Morgan fingerprint density at radius 3 is 2.70 bits per heavy atom. The van der Waals surface area contributed by atoms with Crippen LogP contribution in [0.1, 0.15) is 19.8 Å². The van der Waals surface area contributed by atoms with Crippen molar-refractivity contribution < 1.29 is 4.84 Å². The average Bonchev–Trinajstić information content (AvgIpc) is 1.97. The third kappa shape index (κ3) is 7.88. The van der Waals surface area contributed by atoms with Crippen LogP contribution in [-0.2, 0) is 4.84 Å². The highest BCUT2D eigenvalue weighted by Crippen LogP contribution is 1.77. The minimum Gasteiger partial charge on any atom is -0.317 e. The largest absolute Gasteiger partial charge is 0.317 e. The van der Waals surface area contributed by atoms with E-state index in [2.05, 4.69) is 17.7 Å². The molecule has 0 aromatic heterocycles. The lowest BCUT2D eigenvalue weighted by Gasteiger charge is -2.02. The molecule has 0 aromatic rings. The summed E-state index contributed by atoms with van der Waals surface area (Å²) >= 11 is 0. The Hall–Kier alpha value is -0.120. The van der Waals surface area contributed by atoms with Crippen LogP contribution in [0, 0.1) is 0 Å². The molecule has 2 N–H and O–H groups in total. The van der Waals surface area contributed by atoms with Gasteiger partial charge in [0.05, 0.1) is 6.61 Å². The van der Waals surface area contributed by atoms with E-state index in [1.165, 1.54) is 6.42 Å². The summed E-state index contributed by atoms with van der Waals surface area (Å²) in [5.74, 6) is 0. The van der Waals surface area contributed by atoms with E-state index in [0.29, 0.717) is 0 Å². The van der Waals surface area contributed by atoms with Crippen LogP contribution in [0.15, 0.2) is 0 Å². The van der Waals surface area contributed by atoms with E-state index in [9.17, 15) is 0 Å². The molecule has 0 atom stereocenters. The Bertz CT molecular complexity index is 51.6. The molecule has 0 spiro atoms. The first-order valence-electron chi connectivity index (χ1n) is 3.91. The van der Waals surface area contributed by atoms with Gasteiger partial charge < -0.3 is 10.2 Å². The molecule has 10 heavy (non-hydrogen) atoms. The molecule has 62 valence electrons. The van der Waals surface area contributed by atoms with Gasteiger partial charge in [-0.3, -0.25) is 0 Å². The molecular weight excluding hydrogens is 128 g/mol. The Morgan fingerprint density at radius 2 is 2.10 bits per heavy atom. The topological polar surface area (TPSA) is 33.3 Å². The molecule has 0 radical (unpaired) electrons. The molecular formula is C7H18N2O. The van der Waals surface area contributed by atoms with E-state index < -0.39 is 0 Å². The number of hydroxylamine groups is 1. The van der Waals surface area contributed by atoms with Crippen molar-refractivity contribution >= 4 is 0 Å². The molecule has 0 saturated carbocycles. The lowest BCUT2D eigenvalue weighted by Crippen LogP contribution is -2.19. The molecule has 0 aliphatic carbocycles. The fraction of sp³-hybridized carbons (Fsp3) is 1.00. The lowest BCUT2D eigenvalue weighted by atomic mass is 10.4.